The Morgan fingerprint density at radius 1 is 0.549 bits per heavy atom. The largest absolute Gasteiger partial charge is 0.481 e. The van der Waals surface area contributed by atoms with Crippen LogP contribution in [-0.2, 0) is 73.8 Å². The van der Waals surface area contributed by atoms with Crippen LogP contribution in [0, 0.1) is 35.0 Å². The number of aliphatic hydroxyl groups excluding tert-OH is 4. The van der Waals surface area contributed by atoms with Crippen LogP contribution in [0.25, 0.3) is 0 Å². The minimum atomic E-state index is -1.90. The van der Waals surface area contributed by atoms with Crippen molar-refractivity contribution >= 4 is 100 Å². The number of carbonyl (C=O) groups excluding carboxylic acids is 12. The third kappa shape index (κ3) is 29.8. The number of piperidine rings is 1. The molecule has 7 rings (SSSR count). The molecule has 1 aromatic rings. The van der Waals surface area contributed by atoms with Crippen LogP contribution in [0.5, 0.6) is 0 Å². The first-order chi connectivity index (χ1) is 53.7. The van der Waals surface area contributed by atoms with Crippen LogP contribution in [0.15, 0.2) is 24.3 Å². The van der Waals surface area contributed by atoms with Crippen molar-refractivity contribution in [1.82, 2.24) is 69.1 Å². The molecule has 113 heavy (non-hydrogen) atoms. The van der Waals surface area contributed by atoms with Gasteiger partial charge in [-0.1, -0.05) is 77.6 Å². The summed E-state index contributed by atoms with van der Waals surface area (Å²) in [6.07, 6.45) is 2.78. The van der Waals surface area contributed by atoms with E-state index in [9.17, 15) is 78.3 Å². The Balaban J connectivity index is 1.22. The Hall–Kier alpha value is -7.25. The van der Waals surface area contributed by atoms with Gasteiger partial charge in [-0.3, -0.25) is 62.3 Å². The van der Waals surface area contributed by atoms with E-state index in [-0.39, 0.29) is 93.5 Å². The van der Waals surface area contributed by atoms with Crippen molar-refractivity contribution in [3.8, 4) is 0 Å². The third-order valence-electron chi connectivity index (χ3n) is 22.7. The van der Waals surface area contributed by atoms with Crippen LogP contribution >= 0.6 is 23.5 Å². The number of fused-ring (bicyclic) bond motifs is 3. The van der Waals surface area contributed by atoms with Crippen molar-refractivity contribution in [3.05, 3.63) is 35.4 Å². The highest BCUT2D eigenvalue weighted by atomic mass is 32.2. The van der Waals surface area contributed by atoms with Crippen molar-refractivity contribution in [2.75, 3.05) is 31.1 Å². The molecular weight excluding hydrogens is 1500 g/mol. The number of primary amides is 1. The molecule has 0 spiro atoms. The molecule has 12 amide bonds. The van der Waals surface area contributed by atoms with Gasteiger partial charge in [0, 0.05) is 29.4 Å². The normalized spacial score (nSPS) is 32.1. The molecule has 3 saturated carbocycles. The highest BCUT2D eigenvalue weighted by molar-refractivity contribution is 7.98. The molecule has 3 aliphatic heterocycles. The van der Waals surface area contributed by atoms with Gasteiger partial charge in [-0.15, -0.1) is 0 Å². The summed E-state index contributed by atoms with van der Waals surface area (Å²) in [7, 11) is 0. The van der Waals surface area contributed by atoms with Crippen molar-refractivity contribution in [1.29, 1.82) is 0 Å². The highest BCUT2D eigenvalue weighted by Crippen LogP contribution is 2.34. The molecule has 3 aliphatic carbocycles. The maximum atomic E-state index is 15.1. The number of hydrogen-bond acceptors (Lipinski definition) is 22. The number of aliphatic hydroxyl groups is 4. The van der Waals surface area contributed by atoms with Gasteiger partial charge in [0.15, 0.2) is 0 Å². The molecule has 35 heteroatoms. The standard InChI is InChI=1S/C78H127N15O18S2/c1-7-14-53-68(102)86-58(37-61(99)100)72(106)85-56(35-45-23-27-51(97)28-24-45)73(107)93-64(48-17-9-8-10-18-48)76(110)92-63(43(3)95)75(109)89-59(66(80)101)41-113-40-47-16-11-15-46(33-47)39-112-32-29-60(98)90-65(78(4,5)6)77(111)88-55(34-44-21-25-50(96)26-22-44)70(104)84-54(20-12-30-79)69(103)91-62(42(2)94)74(108)87-57(71(105)83-53)36-49-38-82-67-52(49)19-13-31-81-67/h11,15-16,33,42-45,48-59,62-65,67,81-82,94-97H,7-10,12-14,17-32,34-41,79H2,1-6H3,(H2,80,101)(H,83,105)(H,84,104)(H,85,106)(H,86,102)(H,87,108)(H,88,111)(H,89,109)(H,90,98)(H,91,103)(H,92,110)(H,93,107)(H,99,100)/t42-,43-,44?,45?,49?,50?,51?,52?,53+,54+,55+,56+,57+,58?,59+,62+,63+,64+,65-,67?/m1/s1. The number of benzene rings is 1. The summed E-state index contributed by atoms with van der Waals surface area (Å²) in [6.45, 7) is 10.7. The summed E-state index contributed by atoms with van der Waals surface area (Å²) in [5.74, 6) is -12.2. The molecule has 2 saturated heterocycles. The van der Waals surface area contributed by atoms with E-state index in [4.69, 9.17) is 11.5 Å². The Morgan fingerprint density at radius 2 is 1.04 bits per heavy atom. The predicted octanol–water partition coefficient (Wildman–Crippen LogP) is -0.406. The smallest absolute Gasteiger partial charge is 0.305 e. The Morgan fingerprint density at radius 3 is 1.60 bits per heavy atom. The van der Waals surface area contributed by atoms with Gasteiger partial charge in [-0.05, 0) is 195 Å². The van der Waals surface area contributed by atoms with Gasteiger partial charge in [0.2, 0.25) is 70.9 Å². The second-order valence-corrected chi connectivity index (χ2v) is 35.1. The first-order valence-electron chi connectivity index (χ1n) is 40.7. The first kappa shape index (κ1) is 92.9. The number of carbonyl (C=O) groups is 13. The summed E-state index contributed by atoms with van der Waals surface area (Å²) >= 11 is 2.74. The van der Waals surface area contributed by atoms with Crippen molar-refractivity contribution in [3.63, 3.8) is 0 Å². The van der Waals surface area contributed by atoms with Crippen LogP contribution < -0.4 is 80.6 Å². The fourth-order valence-corrected chi connectivity index (χ4v) is 18.1. The van der Waals surface area contributed by atoms with Crippen molar-refractivity contribution < 1.29 is 87.9 Å². The average Bonchev–Trinajstić information content (AvgIpc) is 1.67. The number of nitrogens with two attached hydrogens (primary N) is 2. The molecule has 3 heterocycles. The molecule has 1 aromatic carbocycles. The molecule has 634 valence electrons. The molecule has 16 atom stereocenters. The van der Waals surface area contributed by atoms with Crippen LogP contribution in [0.1, 0.15) is 207 Å². The van der Waals surface area contributed by atoms with Gasteiger partial charge in [-0.2, -0.15) is 23.5 Å². The van der Waals surface area contributed by atoms with E-state index >= 15 is 9.59 Å². The van der Waals surface area contributed by atoms with E-state index in [2.05, 4.69) is 69.1 Å². The zero-order chi connectivity index (χ0) is 82.6. The molecular formula is C78H127N15O18S2. The zero-order valence-electron chi connectivity index (χ0n) is 66.4. The van der Waals surface area contributed by atoms with E-state index < -0.39 is 185 Å². The van der Waals surface area contributed by atoms with Gasteiger partial charge >= 0.3 is 5.97 Å². The Kier molecular flexibility index (Phi) is 37.7. The molecule has 5 fully saturated rings. The summed E-state index contributed by atoms with van der Waals surface area (Å²) in [4.78, 5) is 188. The van der Waals surface area contributed by atoms with Gasteiger partial charge in [-0.25, -0.2) is 0 Å². The van der Waals surface area contributed by atoms with Crippen LogP contribution in [-0.4, -0.2) is 231 Å². The number of amides is 12. The maximum Gasteiger partial charge on any atom is 0.305 e. The SMILES string of the molecule is CCC[C@@H]1NC(=O)[C@H](CC2CNC3NCCCC23)NC(=O)[C@H]([C@@H](C)O)NC(=O)[C@H](CCCN)NC(=O)[C@H](CC2CCC(O)CC2)NC(=O)[C@H](C(C)(C)C)NC(=O)CCSCc2cccc(c2)CSC[C@@H](C(N)=O)NC(=O)[C@H]([C@@H](C)O)NC(=O)[C@H](C2CCCCC2)NC(=O)[C@H](CC2CCC(O)CC2)NC(=O)C(CC(=O)O)NC1=O. The second-order valence-electron chi connectivity index (χ2n) is 33.0. The Bertz CT molecular complexity index is 3370. The number of thioether (sulfide) groups is 2. The monoisotopic (exact) mass is 1630 g/mol. The van der Waals surface area contributed by atoms with Crippen molar-refractivity contribution in [2.24, 2.45) is 46.5 Å². The molecule has 22 N–H and O–H groups in total. The lowest BCUT2D eigenvalue weighted by atomic mass is 9.82. The lowest BCUT2D eigenvalue weighted by Crippen LogP contribution is -2.63. The predicted molar refractivity (Wildman–Crippen MR) is 424 cm³/mol. The van der Waals surface area contributed by atoms with Crippen molar-refractivity contribution in [2.45, 2.75) is 304 Å². The number of rotatable bonds is 17. The van der Waals surface area contributed by atoms with E-state index in [0.717, 1.165) is 36.9 Å². The van der Waals surface area contributed by atoms with Crippen LogP contribution in [0.4, 0.5) is 0 Å². The number of aliphatic carboxylic acids is 1. The molecule has 33 nitrogen and oxygen atoms in total. The van der Waals surface area contributed by atoms with Gasteiger partial charge in [0.1, 0.15) is 66.5 Å². The minimum absolute atomic E-state index is 0.00498. The summed E-state index contributed by atoms with van der Waals surface area (Å²) < 4.78 is 0. The lowest BCUT2D eigenvalue weighted by molar-refractivity contribution is -0.142. The maximum absolute atomic E-state index is 15.1. The topological polar surface area (TPSA) is 531 Å². The van der Waals surface area contributed by atoms with E-state index in [1.807, 2.05) is 24.3 Å². The number of carboxylic acids is 1. The Labute approximate surface area is 671 Å². The summed E-state index contributed by atoms with van der Waals surface area (Å²) in [5, 5.41) is 90.5. The van der Waals surface area contributed by atoms with Gasteiger partial charge < -0.3 is 106 Å². The quantitative estimate of drug-likeness (QED) is 0.0943. The zero-order valence-corrected chi connectivity index (χ0v) is 68.0. The molecule has 0 radical (unpaired) electrons. The molecule has 2 bridgehead atoms. The van der Waals surface area contributed by atoms with E-state index in [1.165, 1.54) is 37.4 Å². The average molecular weight is 1630 g/mol. The first-order valence-corrected chi connectivity index (χ1v) is 43.0. The number of carboxylic acid groups (broad SMARTS) is 1. The van der Waals surface area contributed by atoms with Gasteiger partial charge in [0.05, 0.1) is 37.0 Å². The minimum Gasteiger partial charge on any atom is -0.481 e. The lowest BCUT2D eigenvalue weighted by Gasteiger charge is -2.34. The fraction of sp³-hybridized carbons (Fsp3) is 0.756. The number of hydrogen-bond donors (Lipinski definition) is 20. The molecule has 0 aromatic heterocycles. The van der Waals surface area contributed by atoms with Crippen LogP contribution in [0.3, 0.4) is 0 Å². The highest BCUT2D eigenvalue weighted by Gasteiger charge is 2.45. The van der Waals surface area contributed by atoms with E-state index in [0.29, 0.717) is 101 Å². The molecule has 4 unspecified atom stereocenters. The number of nitrogens with one attached hydrogen (secondary N) is 13. The second kappa shape index (κ2) is 45.9. The van der Waals surface area contributed by atoms with E-state index in [1.54, 1.807) is 27.7 Å². The molecule has 6 aliphatic rings. The third-order valence-corrected chi connectivity index (χ3v) is 24.8. The van der Waals surface area contributed by atoms with Crippen LogP contribution in [0.2, 0.25) is 0 Å². The fourth-order valence-electron chi connectivity index (χ4n) is 16.1. The summed E-state index contributed by atoms with van der Waals surface area (Å²) in [5.41, 5.74) is 12.7. The van der Waals surface area contributed by atoms with Gasteiger partial charge in [0.25, 0.3) is 0 Å². The summed E-state index contributed by atoms with van der Waals surface area (Å²) in [6, 6.07) is -8.82.